The van der Waals surface area contributed by atoms with Gasteiger partial charge in [0.25, 0.3) is 0 Å². The van der Waals surface area contributed by atoms with Crippen molar-refractivity contribution >= 4 is 65.5 Å². The maximum Gasteiger partial charge on any atom is 2.00 e. The van der Waals surface area contributed by atoms with Crippen molar-refractivity contribution in [2.45, 2.75) is 6.92 Å². The van der Waals surface area contributed by atoms with Crippen molar-refractivity contribution in [2.24, 2.45) is 0 Å². The van der Waals surface area contributed by atoms with Gasteiger partial charge in [0, 0.05) is 39.5 Å². The number of aromatic nitrogens is 4. The van der Waals surface area contributed by atoms with Gasteiger partial charge in [0.05, 0.1) is 17.0 Å². The number of para-hydroxylation sites is 2. The average molecular weight is 834 g/mol. The van der Waals surface area contributed by atoms with E-state index in [1.807, 2.05) is 24.4 Å². The molecule has 5 nitrogen and oxygen atoms in total. The van der Waals surface area contributed by atoms with E-state index in [9.17, 15) is 0 Å². The molecule has 0 aliphatic heterocycles. The molecule has 0 spiro atoms. The molecule has 5 aromatic heterocycles. The number of hydrogen-bond donors (Lipinski definition) is 0. The standard InChI is InChI=1S/C45H26N4O.Pt/c1-27-42(29-13-6-3-7-14-29)48-39-18-9-8-15-34(39)33-21-19-30(25-38(33)44(48)47-27)50-31-20-22-35-36-16-10-17-37-41-32(28-11-4-2-5-12-28)23-24-46-45(41)49(43(36)37)40(35)26-31;/h2-24H,1H3;/q-2;+2. The van der Waals surface area contributed by atoms with Crippen LogP contribution in [0.25, 0.3) is 87.9 Å². The minimum Gasteiger partial charge on any atom is -0.503 e. The smallest absolute Gasteiger partial charge is 0.503 e. The van der Waals surface area contributed by atoms with Crippen LogP contribution in [0.3, 0.4) is 0 Å². The zero-order chi connectivity index (χ0) is 32.9. The number of benzene rings is 6. The van der Waals surface area contributed by atoms with Crippen LogP contribution in [0.4, 0.5) is 0 Å². The topological polar surface area (TPSA) is 43.8 Å². The zero-order valence-electron chi connectivity index (χ0n) is 27.3. The van der Waals surface area contributed by atoms with E-state index in [0.29, 0.717) is 11.5 Å². The summed E-state index contributed by atoms with van der Waals surface area (Å²) in [7, 11) is 0. The van der Waals surface area contributed by atoms with Gasteiger partial charge in [-0.15, -0.1) is 29.7 Å². The molecule has 0 saturated heterocycles. The first-order valence-corrected chi connectivity index (χ1v) is 16.8. The molecular weight excluding hydrogens is 808 g/mol. The third-order valence-corrected chi connectivity index (χ3v) is 10.1. The Kier molecular flexibility index (Phi) is 6.58. The second-order valence-electron chi connectivity index (χ2n) is 12.8. The minimum atomic E-state index is 0. The van der Waals surface area contributed by atoms with Crippen LogP contribution in [-0.2, 0) is 21.1 Å². The van der Waals surface area contributed by atoms with E-state index in [1.165, 1.54) is 21.9 Å². The predicted octanol–water partition coefficient (Wildman–Crippen LogP) is 11.2. The first-order valence-electron chi connectivity index (χ1n) is 16.8. The van der Waals surface area contributed by atoms with E-state index in [1.54, 1.807) is 0 Å². The van der Waals surface area contributed by atoms with Crippen LogP contribution >= 0.6 is 0 Å². The van der Waals surface area contributed by atoms with Crippen molar-refractivity contribution < 1.29 is 25.8 Å². The number of fused-ring (bicyclic) bond motifs is 12. The molecule has 242 valence electrons. The summed E-state index contributed by atoms with van der Waals surface area (Å²) in [5.74, 6) is 1.22. The van der Waals surface area contributed by atoms with Crippen LogP contribution in [0.5, 0.6) is 11.5 Å². The quantitative estimate of drug-likeness (QED) is 0.131. The van der Waals surface area contributed by atoms with E-state index in [-0.39, 0.29) is 21.1 Å². The summed E-state index contributed by atoms with van der Waals surface area (Å²) in [6, 6.07) is 53.6. The maximum absolute atomic E-state index is 6.59. The van der Waals surface area contributed by atoms with Crippen LogP contribution in [0, 0.1) is 19.1 Å². The van der Waals surface area contributed by atoms with E-state index in [0.717, 1.165) is 71.7 Å². The molecule has 0 aliphatic carbocycles. The normalized spacial score (nSPS) is 11.9. The fourth-order valence-corrected chi connectivity index (χ4v) is 8.00. The molecule has 0 unspecified atom stereocenters. The molecule has 11 aromatic rings. The van der Waals surface area contributed by atoms with E-state index in [2.05, 4.69) is 143 Å². The Hall–Kier alpha value is -6.03. The van der Waals surface area contributed by atoms with Gasteiger partial charge in [0.2, 0.25) is 0 Å². The molecule has 0 atom stereocenters. The second kappa shape index (κ2) is 11.2. The van der Waals surface area contributed by atoms with Crippen LogP contribution in [0.15, 0.2) is 140 Å². The molecule has 6 heteroatoms. The molecule has 0 N–H and O–H groups in total. The predicted molar refractivity (Wildman–Crippen MR) is 202 cm³/mol. The Bertz CT molecular complexity index is 3130. The Morgan fingerprint density at radius 3 is 2.08 bits per heavy atom. The number of imidazole rings is 1. The molecular formula is C45H26N4OPt. The summed E-state index contributed by atoms with van der Waals surface area (Å²) in [6.07, 6.45) is 1.90. The summed E-state index contributed by atoms with van der Waals surface area (Å²) in [5.41, 5.74) is 10.5. The summed E-state index contributed by atoms with van der Waals surface area (Å²) >= 11 is 0. The molecule has 0 radical (unpaired) electrons. The SMILES string of the molecule is Cc1nc2c3[c-]c(Oc4[c-]c5c(cc4)c4cccc6c7c(-c8ccccc8)ccnc7n5c46)ccc3c3ccccc3n2c1-c1ccccc1.[Pt+2]. The summed E-state index contributed by atoms with van der Waals surface area (Å²) in [4.78, 5) is 10.0. The molecule has 6 aromatic carbocycles. The van der Waals surface area contributed by atoms with Gasteiger partial charge in [-0.2, -0.15) is 6.07 Å². The molecule has 0 fully saturated rings. The summed E-state index contributed by atoms with van der Waals surface area (Å²) in [5, 5.41) is 7.75. The van der Waals surface area contributed by atoms with Gasteiger partial charge in [0.1, 0.15) is 5.65 Å². The number of aryl methyl sites for hydroxylation is 1. The van der Waals surface area contributed by atoms with Crippen molar-refractivity contribution in [3.05, 3.63) is 157 Å². The van der Waals surface area contributed by atoms with Crippen LogP contribution in [0.1, 0.15) is 5.69 Å². The van der Waals surface area contributed by atoms with Crippen molar-refractivity contribution in [2.75, 3.05) is 0 Å². The Morgan fingerprint density at radius 1 is 0.569 bits per heavy atom. The minimum absolute atomic E-state index is 0. The summed E-state index contributed by atoms with van der Waals surface area (Å²) in [6.45, 7) is 2.08. The van der Waals surface area contributed by atoms with Gasteiger partial charge < -0.3 is 13.5 Å². The van der Waals surface area contributed by atoms with E-state index in [4.69, 9.17) is 14.7 Å². The first kappa shape index (κ1) is 29.8. The van der Waals surface area contributed by atoms with Gasteiger partial charge >= 0.3 is 21.1 Å². The van der Waals surface area contributed by atoms with E-state index >= 15 is 0 Å². The Morgan fingerprint density at radius 2 is 1.25 bits per heavy atom. The van der Waals surface area contributed by atoms with Crippen molar-refractivity contribution in [1.29, 1.82) is 0 Å². The van der Waals surface area contributed by atoms with Gasteiger partial charge in [-0.05, 0) is 46.5 Å². The fraction of sp³-hybridized carbons (Fsp3) is 0.0222. The van der Waals surface area contributed by atoms with Gasteiger partial charge in [-0.25, -0.2) is 4.98 Å². The second-order valence-corrected chi connectivity index (χ2v) is 12.8. The van der Waals surface area contributed by atoms with Crippen LogP contribution in [0.2, 0.25) is 0 Å². The van der Waals surface area contributed by atoms with Crippen molar-refractivity contribution in [1.82, 2.24) is 18.8 Å². The first-order chi connectivity index (χ1) is 24.7. The van der Waals surface area contributed by atoms with Crippen LogP contribution < -0.4 is 4.74 Å². The van der Waals surface area contributed by atoms with Gasteiger partial charge in [-0.3, -0.25) is 4.98 Å². The molecule has 11 rings (SSSR count). The van der Waals surface area contributed by atoms with Crippen molar-refractivity contribution in [3.8, 4) is 33.9 Å². The molecule has 51 heavy (non-hydrogen) atoms. The Balaban J connectivity index is 0.00000327. The molecule has 0 aliphatic rings. The van der Waals surface area contributed by atoms with Crippen molar-refractivity contribution in [3.63, 3.8) is 0 Å². The number of ether oxygens (including phenoxy) is 1. The fourth-order valence-electron chi connectivity index (χ4n) is 8.00. The summed E-state index contributed by atoms with van der Waals surface area (Å²) < 4.78 is 11.1. The zero-order valence-corrected chi connectivity index (χ0v) is 29.6. The van der Waals surface area contributed by atoms with E-state index < -0.39 is 0 Å². The molecule has 0 bridgehead atoms. The van der Waals surface area contributed by atoms with Gasteiger partial charge in [-0.1, -0.05) is 119 Å². The number of hydrogen-bond acceptors (Lipinski definition) is 3. The largest absolute Gasteiger partial charge is 2.00 e. The average Bonchev–Trinajstić information content (AvgIpc) is 3.82. The monoisotopic (exact) mass is 833 g/mol. The maximum atomic E-state index is 6.59. The third kappa shape index (κ3) is 4.25. The number of rotatable bonds is 4. The third-order valence-electron chi connectivity index (χ3n) is 10.1. The van der Waals surface area contributed by atoms with Crippen LogP contribution in [-0.4, -0.2) is 18.8 Å². The number of pyridine rings is 2. The number of nitrogens with zero attached hydrogens (tertiary/aromatic N) is 4. The molecule has 0 saturated carbocycles. The Labute approximate surface area is 307 Å². The molecule has 5 heterocycles. The van der Waals surface area contributed by atoms with Gasteiger partial charge in [0.15, 0.2) is 0 Å². The molecule has 0 amide bonds.